The first-order chi connectivity index (χ1) is 10.3. The van der Waals surface area contributed by atoms with Crippen LogP contribution in [-0.4, -0.2) is 51.2 Å². The molecule has 0 amide bonds. The molecule has 0 aliphatic carbocycles. The first kappa shape index (κ1) is 21.8. The maximum Gasteiger partial charge on any atom is 0.397 e. The van der Waals surface area contributed by atoms with Crippen LogP contribution in [0.2, 0.25) is 0 Å². The molecule has 0 heterocycles. The summed E-state index contributed by atoms with van der Waals surface area (Å²) in [5.41, 5.74) is 0. The van der Waals surface area contributed by atoms with E-state index in [0.717, 1.165) is 13.0 Å². The lowest BCUT2D eigenvalue weighted by Crippen LogP contribution is -2.43. The second-order valence-electron chi connectivity index (χ2n) is 6.81. The molecule has 134 valence electrons. The molecule has 0 saturated carbocycles. The summed E-state index contributed by atoms with van der Waals surface area (Å²) < 4.78 is 34.6. The minimum Gasteiger partial charge on any atom is -0.327 e. The van der Waals surface area contributed by atoms with Crippen LogP contribution >= 0.6 is 0 Å². The molecule has 0 fully saturated rings. The van der Waals surface area contributed by atoms with Crippen molar-refractivity contribution in [3.8, 4) is 0 Å². The summed E-state index contributed by atoms with van der Waals surface area (Å²) in [7, 11) is -0.187. The van der Waals surface area contributed by atoms with E-state index in [1.54, 1.807) is 0 Å². The van der Waals surface area contributed by atoms with Crippen molar-refractivity contribution in [1.82, 2.24) is 0 Å². The predicted molar refractivity (Wildman–Crippen MR) is 91.2 cm³/mol. The highest BCUT2D eigenvalue weighted by Crippen LogP contribution is 2.11. The Labute approximate surface area is 137 Å². The Morgan fingerprint density at radius 2 is 1.27 bits per heavy atom. The van der Waals surface area contributed by atoms with Gasteiger partial charge in [-0.2, -0.15) is 8.42 Å². The van der Waals surface area contributed by atoms with Gasteiger partial charge >= 0.3 is 10.4 Å². The highest BCUT2D eigenvalue weighted by molar-refractivity contribution is 7.80. The Hall–Kier alpha value is -0.170. The maximum atomic E-state index is 10.5. The first-order valence-electron chi connectivity index (χ1n) is 8.71. The lowest BCUT2D eigenvalue weighted by Gasteiger charge is -2.29. The Kier molecular flexibility index (Phi) is 12.2. The topological polar surface area (TPSA) is 63.6 Å². The van der Waals surface area contributed by atoms with E-state index in [0.29, 0.717) is 11.0 Å². The highest BCUT2D eigenvalue weighted by atomic mass is 32.3. The predicted octanol–water partition coefficient (Wildman–Crippen LogP) is 3.80. The zero-order chi connectivity index (χ0) is 16.9. The van der Waals surface area contributed by atoms with Crippen molar-refractivity contribution in [2.75, 3.05) is 33.8 Å². The number of nitrogens with zero attached hydrogens (tertiary/aromatic N) is 1. The van der Waals surface area contributed by atoms with Crippen LogP contribution < -0.4 is 0 Å². The molecule has 0 bridgehead atoms. The molecule has 0 unspecified atom stereocenters. The van der Waals surface area contributed by atoms with Crippen LogP contribution in [0.5, 0.6) is 0 Å². The van der Waals surface area contributed by atoms with E-state index in [2.05, 4.69) is 25.2 Å². The Morgan fingerprint density at radius 1 is 0.818 bits per heavy atom. The summed E-state index contributed by atoms with van der Waals surface area (Å²) in [6, 6.07) is 0. The number of likely N-dealkylation sites (N-methyl/N-ethyl adjacent to an activating group) is 1. The SMILES string of the molecule is CCCCCCCCCCCC[N+](C)(C)CCOS(=O)(=O)O. The number of hydrogen-bond donors (Lipinski definition) is 1. The van der Waals surface area contributed by atoms with Gasteiger partial charge in [0.05, 0.1) is 20.6 Å². The van der Waals surface area contributed by atoms with Crippen LogP contribution in [0.3, 0.4) is 0 Å². The van der Waals surface area contributed by atoms with Crippen LogP contribution in [0.25, 0.3) is 0 Å². The molecule has 0 atom stereocenters. The smallest absolute Gasteiger partial charge is 0.327 e. The number of quaternary nitrogens is 1. The number of unbranched alkanes of at least 4 members (excludes halogenated alkanes) is 9. The monoisotopic (exact) mass is 338 g/mol. The Balaban J connectivity index is 3.45. The maximum absolute atomic E-state index is 10.5. The Bertz CT molecular complexity index is 355. The Morgan fingerprint density at radius 3 is 1.73 bits per heavy atom. The largest absolute Gasteiger partial charge is 0.397 e. The van der Waals surface area contributed by atoms with Crippen molar-refractivity contribution in [1.29, 1.82) is 0 Å². The number of rotatable bonds is 15. The van der Waals surface area contributed by atoms with Crippen molar-refractivity contribution >= 4 is 10.4 Å². The van der Waals surface area contributed by atoms with Gasteiger partial charge < -0.3 is 4.48 Å². The first-order valence-corrected chi connectivity index (χ1v) is 10.1. The van der Waals surface area contributed by atoms with Crippen molar-refractivity contribution in [3.63, 3.8) is 0 Å². The highest BCUT2D eigenvalue weighted by Gasteiger charge is 2.16. The molecule has 0 spiro atoms. The minimum absolute atomic E-state index is 0.0313. The lowest BCUT2D eigenvalue weighted by molar-refractivity contribution is -0.890. The fraction of sp³-hybridized carbons (Fsp3) is 1.00. The number of hydrogen-bond acceptors (Lipinski definition) is 3. The molecule has 0 aromatic rings. The van der Waals surface area contributed by atoms with E-state index in [4.69, 9.17) is 4.55 Å². The lowest BCUT2D eigenvalue weighted by atomic mass is 10.1. The molecule has 6 heteroatoms. The van der Waals surface area contributed by atoms with Gasteiger partial charge in [0.2, 0.25) is 0 Å². The van der Waals surface area contributed by atoms with Crippen LogP contribution in [0, 0.1) is 0 Å². The van der Waals surface area contributed by atoms with Crippen LogP contribution in [0.4, 0.5) is 0 Å². The van der Waals surface area contributed by atoms with E-state index < -0.39 is 10.4 Å². The fourth-order valence-corrected chi connectivity index (χ4v) is 2.81. The summed E-state index contributed by atoms with van der Waals surface area (Å²) in [4.78, 5) is 0. The van der Waals surface area contributed by atoms with Gasteiger partial charge in [-0.1, -0.05) is 58.3 Å². The third-order valence-corrected chi connectivity index (χ3v) is 4.51. The molecule has 5 nitrogen and oxygen atoms in total. The van der Waals surface area contributed by atoms with E-state index in [9.17, 15) is 8.42 Å². The van der Waals surface area contributed by atoms with Crippen LogP contribution in [-0.2, 0) is 14.6 Å². The molecular formula is C16H36NO4S+. The van der Waals surface area contributed by atoms with E-state index in [1.165, 1.54) is 57.8 Å². The van der Waals surface area contributed by atoms with Crippen molar-refractivity contribution in [2.45, 2.75) is 71.1 Å². The average Bonchev–Trinajstić information content (AvgIpc) is 2.39. The standard InChI is InChI=1S/C16H35NO4S/c1-4-5-6-7-8-9-10-11-12-13-14-17(2,3)15-16-21-22(18,19)20/h4-16H2,1-3H3/p+1. The molecule has 1 N–H and O–H groups in total. The zero-order valence-corrected chi connectivity index (χ0v) is 15.5. The van der Waals surface area contributed by atoms with Gasteiger partial charge in [-0.05, 0) is 12.8 Å². The molecule has 22 heavy (non-hydrogen) atoms. The molecule has 0 saturated heterocycles. The molecule has 0 aromatic carbocycles. The van der Waals surface area contributed by atoms with Gasteiger partial charge in [0.15, 0.2) is 0 Å². The molecule has 0 aliphatic heterocycles. The average molecular weight is 339 g/mol. The summed E-state index contributed by atoms with van der Waals surface area (Å²) >= 11 is 0. The zero-order valence-electron chi connectivity index (χ0n) is 14.7. The van der Waals surface area contributed by atoms with E-state index >= 15 is 0 Å². The second-order valence-corrected chi connectivity index (χ2v) is 7.91. The molecule has 0 aromatic heterocycles. The fourth-order valence-electron chi connectivity index (χ4n) is 2.53. The van der Waals surface area contributed by atoms with E-state index in [-0.39, 0.29) is 6.61 Å². The second kappa shape index (κ2) is 12.3. The minimum atomic E-state index is -4.30. The summed E-state index contributed by atoms with van der Waals surface area (Å²) in [6.45, 7) is 3.86. The van der Waals surface area contributed by atoms with Gasteiger partial charge in [-0.3, -0.25) is 4.55 Å². The third-order valence-electron chi connectivity index (χ3n) is 4.05. The van der Waals surface area contributed by atoms with Crippen molar-refractivity contribution < 1.29 is 21.6 Å². The molecular weight excluding hydrogens is 302 g/mol. The summed E-state index contributed by atoms with van der Waals surface area (Å²) in [5.74, 6) is 0. The van der Waals surface area contributed by atoms with Gasteiger partial charge in [-0.15, -0.1) is 0 Å². The van der Waals surface area contributed by atoms with Gasteiger partial charge in [-0.25, -0.2) is 4.18 Å². The van der Waals surface area contributed by atoms with Crippen molar-refractivity contribution in [3.05, 3.63) is 0 Å². The van der Waals surface area contributed by atoms with Gasteiger partial charge in [0, 0.05) is 0 Å². The summed E-state index contributed by atoms with van der Waals surface area (Å²) in [6.07, 6.45) is 13.2. The van der Waals surface area contributed by atoms with Gasteiger partial charge in [0.1, 0.15) is 13.2 Å². The summed E-state index contributed by atoms with van der Waals surface area (Å²) in [5, 5.41) is 0. The molecule has 0 rings (SSSR count). The molecule has 0 radical (unpaired) electrons. The normalized spacial score (nSPS) is 12.7. The van der Waals surface area contributed by atoms with Crippen molar-refractivity contribution in [2.24, 2.45) is 0 Å². The quantitative estimate of drug-likeness (QED) is 0.280. The molecule has 0 aliphatic rings. The van der Waals surface area contributed by atoms with Gasteiger partial charge in [0.25, 0.3) is 0 Å². The van der Waals surface area contributed by atoms with Crippen LogP contribution in [0.15, 0.2) is 0 Å². The van der Waals surface area contributed by atoms with Crippen LogP contribution in [0.1, 0.15) is 71.1 Å². The van der Waals surface area contributed by atoms with E-state index in [1.807, 2.05) is 0 Å². The third kappa shape index (κ3) is 16.2.